The highest BCUT2D eigenvalue weighted by Crippen LogP contribution is 1.97. The fourth-order valence-corrected chi connectivity index (χ4v) is 0.969. The lowest BCUT2D eigenvalue weighted by Crippen LogP contribution is -2.48. The van der Waals surface area contributed by atoms with Crippen molar-refractivity contribution in [2.45, 2.75) is 38.8 Å². The number of amides is 1. The lowest BCUT2D eigenvalue weighted by atomic mass is 10.1. The van der Waals surface area contributed by atoms with E-state index in [1.54, 1.807) is 0 Å². The van der Waals surface area contributed by atoms with Crippen molar-refractivity contribution in [2.75, 3.05) is 0 Å². The topological polar surface area (TPSA) is 92.4 Å². The first-order valence-electron chi connectivity index (χ1n) is 4.27. The number of hydrogen-bond acceptors (Lipinski definition) is 3. The highest BCUT2D eigenvalue weighted by molar-refractivity contribution is 5.81. The van der Waals surface area contributed by atoms with Crippen LogP contribution in [-0.4, -0.2) is 29.1 Å². The normalized spacial score (nSPS) is 14.9. The Morgan fingerprint density at radius 1 is 1.54 bits per heavy atom. The minimum atomic E-state index is -0.984. The predicted octanol–water partition coefficient (Wildman–Crippen LogP) is -0.297. The second-order valence-corrected chi connectivity index (χ2v) is 2.97. The van der Waals surface area contributed by atoms with Crippen LogP contribution in [0, 0.1) is 0 Å². The maximum atomic E-state index is 10.8. The van der Waals surface area contributed by atoms with Gasteiger partial charge in [0.05, 0.1) is 6.04 Å². The molecule has 0 aromatic rings. The number of rotatable bonds is 6. The summed E-state index contributed by atoms with van der Waals surface area (Å²) in [4.78, 5) is 21.3. The third kappa shape index (κ3) is 4.47. The van der Waals surface area contributed by atoms with Crippen molar-refractivity contribution in [3.8, 4) is 0 Å². The molecule has 0 spiro atoms. The quantitative estimate of drug-likeness (QED) is 0.533. The van der Waals surface area contributed by atoms with Crippen molar-refractivity contribution in [3.05, 3.63) is 0 Å². The lowest BCUT2D eigenvalue weighted by Gasteiger charge is -2.17. The number of hydrogen-bond donors (Lipinski definition) is 3. The van der Waals surface area contributed by atoms with Gasteiger partial charge in [-0.3, -0.25) is 14.9 Å². The Hall–Kier alpha value is -1.10. The minimum Gasteiger partial charge on any atom is -0.480 e. The van der Waals surface area contributed by atoms with Gasteiger partial charge in [-0.05, 0) is 13.3 Å². The van der Waals surface area contributed by atoms with Gasteiger partial charge in [-0.2, -0.15) is 0 Å². The number of carboxylic acids is 1. The second-order valence-electron chi connectivity index (χ2n) is 2.97. The average Bonchev–Trinajstić information content (AvgIpc) is 2.03. The molecule has 5 heteroatoms. The number of carboxylic acid groups (broad SMARTS) is 1. The van der Waals surface area contributed by atoms with Crippen molar-refractivity contribution in [2.24, 2.45) is 5.73 Å². The Bertz CT molecular complexity index is 194. The zero-order valence-corrected chi connectivity index (χ0v) is 7.91. The largest absolute Gasteiger partial charge is 0.480 e. The standard InChI is InChI=1S/C8H16N2O3/c1-3-4-6(7(9)11)10-5(2)8(12)13/h5-6,10H,3-4H2,1-2H3,(H2,9,11)(H,12,13)/t5?,6-/m0/s1. The van der Waals surface area contributed by atoms with Crippen LogP contribution in [0.15, 0.2) is 0 Å². The Morgan fingerprint density at radius 3 is 2.38 bits per heavy atom. The van der Waals surface area contributed by atoms with E-state index >= 15 is 0 Å². The van der Waals surface area contributed by atoms with Crippen molar-refractivity contribution >= 4 is 11.9 Å². The van der Waals surface area contributed by atoms with Crippen LogP contribution < -0.4 is 11.1 Å². The van der Waals surface area contributed by atoms with Gasteiger partial charge >= 0.3 is 5.97 Å². The summed E-state index contributed by atoms with van der Waals surface area (Å²) in [5.74, 6) is -1.49. The van der Waals surface area contributed by atoms with Crippen LogP contribution in [0.25, 0.3) is 0 Å². The molecule has 5 nitrogen and oxygen atoms in total. The molecule has 4 N–H and O–H groups in total. The molecule has 0 bridgehead atoms. The van der Waals surface area contributed by atoms with E-state index in [-0.39, 0.29) is 0 Å². The van der Waals surface area contributed by atoms with E-state index in [9.17, 15) is 9.59 Å². The van der Waals surface area contributed by atoms with E-state index in [2.05, 4.69) is 5.32 Å². The molecule has 0 saturated heterocycles. The Labute approximate surface area is 77.3 Å². The second kappa shape index (κ2) is 5.53. The van der Waals surface area contributed by atoms with E-state index in [1.807, 2.05) is 6.92 Å². The maximum Gasteiger partial charge on any atom is 0.320 e. The summed E-state index contributed by atoms with van der Waals surface area (Å²) in [6.45, 7) is 3.39. The van der Waals surface area contributed by atoms with Crippen molar-refractivity contribution < 1.29 is 14.7 Å². The van der Waals surface area contributed by atoms with E-state index in [1.165, 1.54) is 6.92 Å². The number of nitrogens with one attached hydrogen (secondary N) is 1. The summed E-state index contributed by atoms with van der Waals surface area (Å²) < 4.78 is 0. The van der Waals surface area contributed by atoms with E-state index in [0.717, 1.165) is 6.42 Å². The summed E-state index contributed by atoms with van der Waals surface area (Å²) in [5, 5.41) is 11.2. The Morgan fingerprint density at radius 2 is 2.08 bits per heavy atom. The summed E-state index contributed by atoms with van der Waals surface area (Å²) >= 11 is 0. The summed E-state index contributed by atoms with van der Waals surface area (Å²) in [6, 6.07) is -1.29. The van der Waals surface area contributed by atoms with Crippen LogP contribution in [-0.2, 0) is 9.59 Å². The number of nitrogens with two attached hydrogens (primary N) is 1. The van der Waals surface area contributed by atoms with Crippen molar-refractivity contribution in [1.82, 2.24) is 5.32 Å². The van der Waals surface area contributed by atoms with Crippen molar-refractivity contribution in [1.29, 1.82) is 0 Å². The molecule has 0 heterocycles. The van der Waals surface area contributed by atoms with Crippen LogP contribution in [0.1, 0.15) is 26.7 Å². The molecular weight excluding hydrogens is 172 g/mol. The van der Waals surface area contributed by atoms with Gasteiger partial charge in [0.15, 0.2) is 0 Å². The first-order valence-corrected chi connectivity index (χ1v) is 4.27. The monoisotopic (exact) mass is 188 g/mol. The molecule has 13 heavy (non-hydrogen) atoms. The number of primary amides is 1. The summed E-state index contributed by atoms with van der Waals surface area (Å²) in [7, 11) is 0. The highest BCUT2D eigenvalue weighted by atomic mass is 16.4. The lowest BCUT2D eigenvalue weighted by molar-refractivity contribution is -0.139. The van der Waals surface area contributed by atoms with Gasteiger partial charge in [0.2, 0.25) is 5.91 Å². The number of carbonyl (C=O) groups is 2. The SMILES string of the molecule is CCC[C@H](NC(C)C(=O)O)C(N)=O. The number of aliphatic carboxylic acids is 1. The number of carbonyl (C=O) groups excluding carboxylic acids is 1. The summed E-state index contributed by atoms with van der Waals surface area (Å²) in [6.07, 6.45) is 1.35. The smallest absolute Gasteiger partial charge is 0.320 e. The molecule has 0 aliphatic heterocycles. The van der Waals surface area contributed by atoms with Crippen molar-refractivity contribution in [3.63, 3.8) is 0 Å². The molecule has 0 fully saturated rings. The average molecular weight is 188 g/mol. The Kier molecular flexibility index (Phi) is 5.06. The van der Waals surface area contributed by atoms with Gasteiger partial charge in [-0.1, -0.05) is 13.3 Å². The molecule has 0 rings (SSSR count). The first kappa shape index (κ1) is 11.9. The fraction of sp³-hybridized carbons (Fsp3) is 0.750. The zero-order valence-electron chi connectivity index (χ0n) is 7.91. The van der Waals surface area contributed by atoms with Gasteiger partial charge in [0.1, 0.15) is 6.04 Å². The zero-order chi connectivity index (χ0) is 10.4. The predicted molar refractivity (Wildman–Crippen MR) is 48.1 cm³/mol. The third-order valence-electron chi connectivity index (χ3n) is 1.74. The molecule has 0 aliphatic carbocycles. The van der Waals surface area contributed by atoms with Gasteiger partial charge in [0, 0.05) is 0 Å². The van der Waals surface area contributed by atoms with Gasteiger partial charge in [-0.25, -0.2) is 0 Å². The summed E-state index contributed by atoms with van der Waals surface area (Å²) in [5.41, 5.74) is 5.08. The molecule has 0 aromatic heterocycles. The molecule has 0 aromatic carbocycles. The van der Waals surface area contributed by atoms with Gasteiger partial charge < -0.3 is 10.8 Å². The Balaban J connectivity index is 4.09. The molecule has 2 atom stereocenters. The molecule has 0 radical (unpaired) electrons. The molecule has 0 aliphatic rings. The van der Waals surface area contributed by atoms with Crippen LogP contribution in [0.3, 0.4) is 0 Å². The first-order chi connectivity index (χ1) is 5.99. The van der Waals surface area contributed by atoms with Gasteiger partial charge in [-0.15, -0.1) is 0 Å². The highest BCUT2D eigenvalue weighted by Gasteiger charge is 2.19. The minimum absolute atomic E-state index is 0.505. The van der Waals surface area contributed by atoms with E-state index in [0.29, 0.717) is 6.42 Å². The third-order valence-corrected chi connectivity index (χ3v) is 1.74. The molecular formula is C8H16N2O3. The maximum absolute atomic E-state index is 10.8. The molecule has 1 unspecified atom stereocenters. The van der Waals surface area contributed by atoms with Crippen LogP contribution in [0.5, 0.6) is 0 Å². The van der Waals surface area contributed by atoms with Crippen LogP contribution in [0.2, 0.25) is 0 Å². The van der Waals surface area contributed by atoms with Gasteiger partial charge in [0.25, 0.3) is 0 Å². The fourth-order valence-electron chi connectivity index (χ4n) is 0.969. The molecule has 76 valence electrons. The molecule has 1 amide bonds. The van der Waals surface area contributed by atoms with Crippen LogP contribution >= 0.6 is 0 Å². The van der Waals surface area contributed by atoms with Crippen LogP contribution in [0.4, 0.5) is 0 Å². The van der Waals surface area contributed by atoms with E-state index in [4.69, 9.17) is 10.8 Å². The van der Waals surface area contributed by atoms with E-state index < -0.39 is 24.0 Å². The molecule has 0 saturated carbocycles.